The van der Waals surface area contributed by atoms with Gasteiger partial charge in [-0.15, -0.1) is 21.5 Å². The molecule has 0 unspecified atom stereocenters. The molecule has 0 aliphatic carbocycles. The van der Waals surface area contributed by atoms with Crippen LogP contribution in [0.25, 0.3) is 15.9 Å². The molecule has 5 rings (SSSR count). The number of para-hydroxylation sites is 1. The van der Waals surface area contributed by atoms with Gasteiger partial charge in [0.25, 0.3) is 0 Å². The lowest BCUT2D eigenvalue weighted by atomic mass is 10.0. The molecule has 0 bridgehead atoms. The SMILES string of the molecule is Cc1sc2nc(C(C)C)n3c(SCC(=O)N4CCCc5ccccc54)nnc3c2c1C. The average Bonchev–Trinajstić information content (AvgIpc) is 3.31. The maximum Gasteiger partial charge on any atom is 0.237 e. The van der Waals surface area contributed by atoms with Crippen molar-refractivity contribution >= 4 is 50.6 Å². The van der Waals surface area contributed by atoms with Crippen molar-refractivity contribution in [1.29, 1.82) is 0 Å². The molecule has 3 aromatic heterocycles. The minimum Gasteiger partial charge on any atom is -0.311 e. The first-order valence-corrected chi connectivity index (χ1v) is 12.4. The van der Waals surface area contributed by atoms with Crippen LogP contribution in [-0.4, -0.2) is 37.8 Å². The van der Waals surface area contributed by atoms with Gasteiger partial charge in [0.15, 0.2) is 10.8 Å². The van der Waals surface area contributed by atoms with Crippen LogP contribution in [0.2, 0.25) is 0 Å². The summed E-state index contributed by atoms with van der Waals surface area (Å²) in [5.74, 6) is 1.59. The smallest absolute Gasteiger partial charge is 0.237 e. The maximum absolute atomic E-state index is 13.1. The number of hydrogen-bond acceptors (Lipinski definition) is 6. The largest absolute Gasteiger partial charge is 0.311 e. The van der Waals surface area contributed by atoms with E-state index in [1.165, 1.54) is 27.8 Å². The highest BCUT2D eigenvalue weighted by Crippen LogP contribution is 2.35. The quantitative estimate of drug-likeness (QED) is 0.402. The number of amides is 1. The van der Waals surface area contributed by atoms with Gasteiger partial charge in [0.1, 0.15) is 10.7 Å². The molecule has 0 fully saturated rings. The number of carbonyl (C=O) groups is 1. The molecule has 0 saturated heterocycles. The number of hydrogen-bond donors (Lipinski definition) is 0. The van der Waals surface area contributed by atoms with Crippen molar-refractivity contribution in [3.8, 4) is 0 Å². The van der Waals surface area contributed by atoms with E-state index >= 15 is 0 Å². The first-order chi connectivity index (χ1) is 15.0. The van der Waals surface area contributed by atoms with Gasteiger partial charge in [0.05, 0.1) is 11.1 Å². The highest BCUT2D eigenvalue weighted by atomic mass is 32.2. The Hall–Kier alpha value is -2.45. The summed E-state index contributed by atoms with van der Waals surface area (Å²) in [5.41, 5.74) is 4.34. The molecule has 1 aliphatic rings. The van der Waals surface area contributed by atoms with Gasteiger partial charge in [-0.3, -0.25) is 9.20 Å². The van der Waals surface area contributed by atoms with Crippen molar-refractivity contribution in [2.45, 2.75) is 51.6 Å². The third kappa shape index (κ3) is 3.42. The van der Waals surface area contributed by atoms with Crippen LogP contribution in [0.3, 0.4) is 0 Å². The average molecular weight is 452 g/mol. The van der Waals surface area contributed by atoms with E-state index in [4.69, 9.17) is 4.98 Å². The molecule has 0 radical (unpaired) electrons. The van der Waals surface area contributed by atoms with E-state index in [-0.39, 0.29) is 11.8 Å². The Bertz CT molecular complexity index is 1310. The monoisotopic (exact) mass is 451 g/mol. The van der Waals surface area contributed by atoms with E-state index in [9.17, 15) is 4.79 Å². The highest BCUT2D eigenvalue weighted by molar-refractivity contribution is 7.99. The molecule has 0 saturated carbocycles. The number of nitrogens with zero attached hydrogens (tertiary/aromatic N) is 5. The number of aromatic nitrogens is 4. The van der Waals surface area contributed by atoms with Gasteiger partial charge in [0, 0.05) is 23.0 Å². The molecule has 31 heavy (non-hydrogen) atoms. The summed E-state index contributed by atoms with van der Waals surface area (Å²) >= 11 is 3.15. The number of carbonyl (C=O) groups excluding carboxylic acids is 1. The molecule has 6 nitrogen and oxygen atoms in total. The van der Waals surface area contributed by atoms with Gasteiger partial charge in [-0.05, 0) is 43.9 Å². The van der Waals surface area contributed by atoms with E-state index in [0.717, 1.165) is 51.9 Å². The summed E-state index contributed by atoms with van der Waals surface area (Å²) in [7, 11) is 0. The molecule has 1 amide bonds. The lowest BCUT2D eigenvalue weighted by Crippen LogP contribution is -2.36. The number of anilines is 1. The van der Waals surface area contributed by atoms with Crippen LogP contribution in [0.1, 0.15) is 48.0 Å². The molecule has 0 atom stereocenters. The van der Waals surface area contributed by atoms with Crippen molar-refractivity contribution in [2.24, 2.45) is 0 Å². The topological polar surface area (TPSA) is 63.4 Å². The number of fused-ring (bicyclic) bond motifs is 4. The summed E-state index contributed by atoms with van der Waals surface area (Å²) in [5, 5.41) is 10.8. The molecule has 8 heteroatoms. The minimum absolute atomic E-state index is 0.108. The van der Waals surface area contributed by atoms with Gasteiger partial charge < -0.3 is 4.90 Å². The Morgan fingerprint density at radius 3 is 2.84 bits per heavy atom. The fourth-order valence-electron chi connectivity index (χ4n) is 4.22. The van der Waals surface area contributed by atoms with Gasteiger partial charge in [-0.1, -0.05) is 43.8 Å². The predicted octanol–water partition coefficient (Wildman–Crippen LogP) is 5.15. The van der Waals surface area contributed by atoms with Crippen molar-refractivity contribution in [3.63, 3.8) is 0 Å². The molecular formula is C23H25N5OS2. The minimum atomic E-state index is 0.108. The number of thiophene rings is 1. The standard InChI is InChI=1S/C23H25N5OS2/c1-13(2)20-24-22-19(14(3)15(4)31-22)21-25-26-23(28(20)21)30-12-18(29)27-11-7-9-16-8-5-6-10-17(16)27/h5-6,8,10,13H,7,9,11-12H2,1-4H3. The first-order valence-electron chi connectivity index (χ1n) is 10.6. The Kier molecular flexibility index (Phi) is 5.22. The van der Waals surface area contributed by atoms with Gasteiger partial charge >= 0.3 is 0 Å². The Morgan fingerprint density at radius 1 is 1.23 bits per heavy atom. The van der Waals surface area contributed by atoms with Crippen LogP contribution in [0, 0.1) is 13.8 Å². The number of aryl methyl sites for hydroxylation is 3. The summed E-state index contributed by atoms with van der Waals surface area (Å²) in [4.78, 5) is 22.3. The fraction of sp³-hybridized carbons (Fsp3) is 0.391. The zero-order valence-corrected chi connectivity index (χ0v) is 19.8. The van der Waals surface area contributed by atoms with Crippen LogP contribution in [-0.2, 0) is 11.2 Å². The third-order valence-electron chi connectivity index (χ3n) is 5.92. The zero-order valence-electron chi connectivity index (χ0n) is 18.2. The molecule has 1 aromatic carbocycles. The van der Waals surface area contributed by atoms with Gasteiger partial charge in [0.2, 0.25) is 5.91 Å². The fourth-order valence-corrected chi connectivity index (χ4v) is 6.07. The summed E-state index contributed by atoms with van der Waals surface area (Å²) in [6, 6.07) is 8.20. The van der Waals surface area contributed by atoms with Crippen LogP contribution >= 0.6 is 23.1 Å². The molecule has 160 valence electrons. The van der Waals surface area contributed by atoms with Crippen molar-refractivity contribution in [2.75, 3.05) is 17.2 Å². The summed E-state index contributed by atoms with van der Waals surface area (Å²) in [6.45, 7) is 9.26. The molecule has 0 N–H and O–H groups in total. The van der Waals surface area contributed by atoms with Crippen molar-refractivity contribution in [3.05, 3.63) is 46.1 Å². The van der Waals surface area contributed by atoms with E-state index in [1.807, 2.05) is 27.5 Å². The van der Waals surface area contributed by atoms with Crippen molar-refractivity contribution in [1.82, 2.24) is 19.6 Å². The lowest BCUT2D eigenvalue weighted by molar-refractivity contribution is -0.116. The van der Waals surface area contributed by atoms with Crippen LogP contribution in [0.5, 0.6) is 0 Å². The van der Waals surface area contributed by atoms with Crippen LogP contribution in [0.15, 0.2) is 29.4 Å². The second kappa shape index (κ2) is 7.91. The number of rotatable bonds is 4. The van der Waals surface area contributed by atoms with Gasteiger partial charge in [-0.25, -0.2) is 4.98 Å². The molecule has 0 spiro atoms. The van der Waals surface area contributed by atoms with E-state index in [2.05, 4.69) is 44.0 Å². The first kappa shape index (κ1) is 20.5. The lowest BCUT2D eigenvalue weighted by Gasteiger charge is -2.29. The van der Waals surface area contributed by atoms with E-state index < -0.39 is 0 Å². The molecule has 1 aliphatic heterocycles. The Morgan fingerprint density at radius 2 is 2.03 bits per heavy atom. The van der Waals surface area contributed by atoms with Gasteiger partial charge in [-0.2, -0.15) is 0 Å². The Balaban J connectivity index is 1.49. The molecule has 4 aromatic rings. The zero-order chi connectivity index (χ0) is 21.7. The normalized spacial score (nSPS) is 14.0. The molecule has 4 heterocycles. The van der Waals surface area contributed by atoms with E-state index in [1.54, 1.807) is 11.3 Å². The number of benzene rings is 1. The second-order valence-corrected chi connectivity index (χ2v) is 10.4. The summed E-state index contributed by atoms with van der Waals surface area (Å²) < 4.78 is 2.05. The maximum atomic E-state index is 13.1. The Labute approximate surface area is 189 Å². The second-order valence-electron chi connectivity index (χ2n) is 8.30. The molecular weight excluding hydrogens is 426 g/mol. The third-order valence-corrected chi connectivity index (χ3v) is 7.94. The van der Waals surface area contributed by atoms with Crippen molar-refractivity contribution < 1.29 is 4.79 Å². The summed E-state index contributed by atoms with van der Waals surface area (Å²) in [6.07, 6.45) is 2.03. The van der Waals surface area contributed by atoms with Crippen LogP contribution in [0.4, 0.5) is 5.69 Å². The highest BCUT2D eigenvalue weighted by Gasteiger charge is 2.24. The predicted molar refractivity (Wildman–Crippen MR) is 128 cm³/mol. The van der Waals surface area contributed by atoms with E-state index in [0.29, 0.717) is 5.75 Å². The number of thioether (sulfide) groups is 1. The van der Waals surface area contributed by atoms with Crippen LogP contribution < -0.4 is 4.90 Å².